The molecule has 7 N–H and O–H groups in total. The summed E-state index contributed by atoms with van der Waals surface area (Å²) in [6, 6.07) is 19.8. The molecule has 12 nitrogen and oxygen atoms in total. The summed E-state index contributed by atoms with van der Waals surface area (Å²) in [6.45, 7) is 13.7. The number of aromatic hydroxyl groups is 1. The van der Waals surface area contributed by atoms with Crippen LogP contribution in [0.25, 0.3) is 10.9 Å². The van der Waals surface area contributed by atoms with E-state index in [4.69, 9.17) is 26.5 Å². The van der Waals surface area contributed by atoms with Gasteiger partial charge in [0.05, 0.1) is 40.4 Å². The van der Waals surface area contributed by atoms with E-state index in [1.807, 2.05) is 61.5 Å². The number of aromatic nitrogens is 1. The number of amides is 2. The Labute approximate surface area is 377 Å². The molecule has 3 atom stereocenters. The number of phenols is 1. The Morgan fingerprint density at radius 3 is 2.43 bits per heavy atom. The summed E-state index contributed by atoms with van der Waals surface area (Å²) in [7, 11) is -0.737. The van der Waals surface area contributed by atoms with Crippen LogP contribution in [0.2, 0.25) is 23.2 Å². The van der Waals surface area contributed by atoms with E-state index in [9.17, 15) is 24.6 Å². The van der Waals surface area contributed by atoms with Crippen LogP contribution in [0.1, 0.15) is 102 Å². The lowest BCUT2D eigenvalue weighted by atomic mass is 9.71. The molecule has 2 aliphatic carbocycles. The lowest BCUT2D eigenvalue weighted by Crippen LogP contribution is -2.50. The smallest absolute Gasteiger partial charge is 0.411 e. The van der Waals surface area contributed by atoms with Crippen molar-refractivity contribution >= 4 is 48.5 Å². The number of phenolic OH excluding ortho intramolecular Hbond substituents is 1. The molecule has 338 valence electrons. The van der Waals surface area contributed by atoms with Crippen molar-refractivity contribution < 1.29 is 29.0 Å². The molecule has 0 aliphatic heterocycles. The van der Waals surface area contributed by atoms with E-state index in [0.29, 0.717) is 59.0 Å². The van der Waals surface area contributed by atoms with Crippen molar-refractivity contribution in [3.8, 4) is 11.5 Å². The van der Waals surface area contributed by atoms with Crippen molar-refractivity contribution in [1.29, 1.82) is 0 Å². The number of nitrogens with one attached hydrogen (secondary N) is 3. The summed E-state index contributed by atoms with van der Waals surface area (Å²) >= 11 is 6.80. The van der Waals surface area contributed by atoms with Crippen molar-refractivity contribution in [1.82, 2.24) is 15.2 Å². The Hall–Kier alpha value is -4.92. The third-order valence-electron chi connectivity index (χ3n) is 13.2. The molecule has 2 aliphatic rings. The third-order valence-corrected chi connectivity index (χ3v) is 18.0. The van der Waals surface area contributed by atoms with Gasteiger partial charge in [0, 0.05) is 54.3 Å². The number of pyridine rings is 1. The largest absolute Gasteiger partial charge is 0.506 e. The van der Waals surface area contributed by atoms with Crippen LogP contribution in [-0.4, -0.2) is 65.7 Å². The van der Waals surface area contributed by atoms with Crippen LogP contribution in [0.4, 0.5) is 10.5 Å². The van der Waals surface area contributed by atoms with E-state index in [0.717, 1.165) is 48.8 Å². The van der Waals surface area contributed by atoms with E-state index in [1.165, 1.54) is 6.07 Å². The maximum Gasteiger partial charge on any atom is 0.411 e. The van der Waals surface area contributed by atoms with Crippen LogP contribution >= 0.6 is 11.6 Å². The van der Waals surface area contributed by atoms with Gasteiger partial charge in [0.1, 0.15) is 11.5 Å². The van der Waals surface area contributed by atoms with Crippen LogP contribution in [0.15, 0.2) is 95.4 Å². The number of methoxy groups -OCH3 is 1. The Kier molecular flexibility index (Phi) is 14.7. The first kappa shape index (κ1) is 47.6. The number of hydrogen-bond donors (Lipinski definition) is 6. The topological polar surface area (TPSA) is 179 Å². The predicted octanol–water partition coefficient (Wildman–Crippen LogP) is 10.3. The van der Waals surface area contributed by atoms with Gasteiger partial charge in [-0.3, -0.25) is 14.5 Å². The second kappa shape index (κ2) is 19.4. The van der Waals surface area contributed by atoms with Gasteiger partial charge in [0.2, 0.25) is 11.5 Å². The average Bonchev–Trinajstić information content (AvgIpc) is 3.23. The number of allylic oxidation sites excluding steroid dienone is 1. The van der Waals surface area contributed by atoms with E-state index >= 15 is 0 Å². The van der Waals surface area contributed by atoms with E-state index in [1.54, 1.807) is 36.3 Å². The minimum absolute atomic E-state index is 0.0155. The molecule has 1 aromatic heterocycles. The molecular weight excluding hydrogens is 834 g/mol. The van der Waals surface area contributed by atoms with Gasteiger partial charge in [0.25, 0.3) is 0 Å². The van der Waals surface area contributed by atoms with Gasteiger partial charge < -0.3 is 40.7 Å². The zero-order chi connectivity index (χ0) is 45.7. The number of nitrogens with two attached hydrogens (primary N) is 1. The van der Waals surface area contributed by atoms with Crippen LogP contribution in [0.5, 0.6) is 11.5 Å². The predicted molar refractivity (Wildman–Crippen MR) is 254 cm³/mol. The first-order chi connectivity index (χ1) is 29.7. The zero-order valence-electron chi connectivity index (χ0n) is 37.6. The number of fused-ring (bicyclic) bond motifs is 1. The third kappa shape index (κ3) is 10.9. The van der Waals surface area contributed by atoms with Gasteiger partial charge in [-0.1, -0.05) is 100 Å². The standard InChI is InChI=1S/C49H64ClN5O7Si/c1-47(2,3)63(6,7)62-41(35-20-22-39(56)45-36(35)21-23-44(58)54-45)31-52-30-32-27-37(50)38(28-40(32)61-5)53-43(57)19-14-24-49(51)26-25-48(4,33-15-10-8-11-16-33)42(29-49)55(46(59)60)34-17-12-9-13-18-34/h8,10-11,15-16,20-23,25-29,34,41,52,56H,9,12-14,17-19,24,30-31,51H2,1-7H3,(H,53,57)(H,54,58)(H,59,60)/t41-,48-,49-/m0/s1. The second-order valence-corrected chi connectivity index (χ2v) is 24.0. The highest BCUT2D eigenvalue weighted by Gasteiger charge is 2.43. The SMILES string of the molecule is COc1cc(NC(=O)CCC[C@]2(N)C=C[C@@](C)(c3ccccc3)C(N(C(=O)O)C3CCCCC3)=C2)c(Cl)cc1CNC[C@H](O[Si](C)(C)C(C)(C)C)c1ccc(O)c2[nH]c(=O)ccc12. The number of aromatic amines is 1. The monoisotopic (exact) mass is 897 g/mol. The van der Waals surface area contributed by atoms with E-state index in [2.05, 4.69) is 49.5 Å². The first-order valence-corrected chi connectivity index (χ1v) is 25.2. The fourth-order valence-electron chi connectivity index (χ4n) is 8.57. The van der Waals surface area contributed by atoms with E-state index in [-0.39, 0.29) is 34.7 Å². The van der Waals surface area contributed by atoms with Crippen LogP contribution < -0.4 is 26.7 Å². The van der Waals surface area contributed by atoms with Gasteiger partial charge in [-0.25, -0.2) is 4.79 Å². The number of nitrogens with zero attached hydrogens (tertiary/aromatic N) is 1. The van der Waals surface area contributed by atoms with Crippen molar-refractivity contribution in [2.24, 2.45) is 5.73 Å². The van der Waals surface area contributed by atoms with Crippen molar-refractivity contribution in [2.45, 2.75) is 127 Å². The number of ether oxygens (including phenoxy) is 1. The number of anilines is 1. The number of carbonyl (C=O) groups excluding carboxylic acids is 1. The zero-order valence-corrected chi connectivity index (χ0v) is 39.4. The molecule has 0 spiro atoms. The van der Waals surface area contributed by atoms with Crippen molar-refractivity contribution in [2.75, 3.05) is 19.0 Å². The lowest BCUT2D eigenvalue weighted by Gasteiger charge is -2.45. The van der Waals surface area contributed by atoms with E-state index < -0.39 is 31.5 Å². The quantitative estimate of drug-likeness (QED) is 0.0472. The summed E-state index contributed by atoms with van der Waals surface area (Å²) in [6.07, 6.45) is 10.2. The molecular formula is C49H64ClN5O7Si. The normalized spacial score (nSPS) is 20.0. The summed E-state index contributed by atoms with van der Waals surface area (Å²) in [5.41, 5.74) is 9.05. The van der Waals surface area contributed by atoms with Gasteiger partial charge >= 0.3 is 6.09 Å². The number of H-pyrrole nitrogens is 1. The maximum atomic E-state index is 13.4. The number of hydrogen-bond acceptors (Lipinski definition) is 8. The molecule has 0 radical (unpaired) electrons. The van der Waals surface area contributed by atoms with Gasteiger partial charge in [-0.05, 0) is 86.1 Å². The molecule has 2 amide bonds. The fraction of sp³-hybridized carbons (Fsp3) is 0.449. The van der Waals surface area contributed by atoms with Crippen LogP contribution in [0.3, 0.4) is 0 Å². The number of rotatable bonds is 16. The number of carbonyl (C=O) groups is 2. The van der Waals surface area contributed by atoms with Gasteiger partial charge in [0.15, 0.2) is 8.32 Å². The molecule has 0 unspecified atom stereocenters. The highest BCUT2D eigenvalue weighted by atomic mass is 35.5. The average molecular weight is 899 g/mol. The molecule has 4 aromatic rings. The molecule has 3 aromatic carbocycles. The Bertz CT molecular complexity index is 2410. The number of halogens is 1. The highest BCUT2D eigenvalue weighted by Crippen LogP contribution is 2.44. The van der Waals surface area contributed by atoms with Gasteiger partial charge in [-0.15, -0.1) is 0 Å². The number of carboxylic acid groups (broad SMARTS) is 1. The molecule has 14 heteroatoms. The van der Waals surface area contributed by atoms with Gasteiger partial charge in [-0.2, -0.15) is 0 Å². The molecule has 6 rings (SSSR count). The fourth-order valence-corrected chi connectivity index (χ4v) is 10.1. The lowest BCUT2D eigenvalue weighted by molar-refractivity contribution is -0.116. The minimum Gasteiger partial charge on any atom is -0.506 e. The molecule has 63 heavy (non-hydrogen) atoms. The minimum atomic E-state index is -2.30. The number of benzene rings is 3. The first-order valence-electron chi connectivity index (χ1n) is 22.0. The second-order valence-electron chi connectivity index (χ2n) is 18.8. The van der Waals surface area contributed by atoms with Crippen molar-refractivity contribution in [3.63, 3.8) is 0 Å². The summed E-state index contributed by atoms with van der Waals surface area (Å²) in [4.78, 5) is 42.9. The molecule has 1 saturated carbocycles. The maximum absolute atomic E-state index is 13.4. The summed E-state index contributed by atoms with van der Waals surface area (Å²) in [5.74, 6) is 0.275. The molecule has 0 saturated heterocycles. The Balaban J connectivity index is 1.14. The Morgan fingerprint density at radius 1 is 1.05 bits per heavy atom. The highest BCUT2D eigenvalue weighted by molar-refractivity contribution is 6.74. The van der Waals surface area contributed by atoms with Crippen LogP contribution in [0, 0.1) is 0 Å². The molecule has 0 bridgehead atoms. The summed E-state index contributed by atoms with van der Waals surface area (Å²) < 4.78 is 12.7. The Morgan fingerprint density at radius 2 is 1.76 bits per heavy atom. The van der Waals surface area contributed by atoms with Crippen molar-refractivity contribution in [3.05, 3.63) is 123 Å². The summed E-state index contributed by atoms with van der Waals surface area (Å²) in [5, 5.41) is 28.7. The molecule has 1 heterocycles. The molecule has 1 fully saturated rings. The van der Waals surface area contributed by atoms with Crippen LogP contribution in [-0.2, 0) is 21.2 Å².